The van der Waals surface area contributed by atoms with E-state index in [2.05, 4.69) is 10.1 Å². The third-order valence-corrected chi connectivity index (χ3v) is 7.31. The molecule has 3 rings (SSSR count). The first-order chi connectivity index (χ1) is 11.8. The zero-order chi connectivity index (χ0) is 18.2. The van der Waals surface area contributed by atoms with E-state index in [1.165, 1.54) is 4.31 Å². The molecule has 0 bridgehead atoms. The van der Waals surface area contributed by atoms with E-state index in [0.29, 0.717) is 37.6 Å². The second kappa shape index (κ2) is 7.05. The highest BCUT2D eigenvalue weighted by atomic mass is 32.2. The highest BCUT2D eigenvalue weighted by Gasteiger charge is 2.36. The number of likely N-dealkylation sites (tertiary alicyclic amines) is 1. The minimum absolute atomic E-state index is 0.152. The number of hydrogen-bond donors (Lipinski definition) is 0. The molecule has 0 aromatic carbocycles. The van der Waals surface area contributed by atoms with Crippen molar-refractivity contribution in [3.8, 4) is 0 Å². The second-order valence-corrected chi connectivity index (χ2v) is 8.68. The molecule has 1 amide bonds. The lowest BCUT2D eigenvalue weighted by molar-refractivity contribution is -0.135. The van der Waals surface area contributed by atoms with Gasteiger partial charge in [0, 0.05) is 39.3 Å². The number of amides is 1. The van der Waals surface area contributed by atoms with E-state index in [1.807, 2.05) is 11.8 Å². The molecule has 0 spiro atoms. The SMILES string of the molecule is Cc1noc(C)c1S(=O)(=O)N1CCN([C@@H](C)C(=O)N2CCCC2)CC1. The number of sulfonamides is 1. The summed E-state index contributed by atoms with van der Waals surface area (Å²) in [6.07, 6.45) is 2.14. The predicted molar refractivity (Wildman–Crippen MR) is 91.6 cm³/mol. The quantitative estimate of drug-likeness (QED) is 0.772. The molecular weight excluding hydrogens is 344 g/mol. The Hall–Kier alpha value is -1.45. The number of aryl methyl sites for hydroxylation is 2. The van der Waals surface area contributed by atoms with Gasteiger partial charge in [-0.05, 0) is 33.6 Å². The molecule has 25 heavy (non-hydrogen) atoms. The van der Waals surface area contributed by atoms with Gasteiger partial charge >= 0.3 is 0 Å². The average molecular weight is 370 g/mol. The van der Waals surface area contributed by atoms with Crippen molar-refractivity contribution in [2.24, 2.45) is 0 Å². The predicted octanol–water partition coefficient (Wildman–Crippen LogP) is 0.609. The summed E-state index contributed by atoms with van der Waals surface area (Å²) in [4.78, 5) is 16.7. The fraction of sp³-hybridized carbons (Fsp3) is 0.750. The zero-order valence-electron chi connectivity index (χ0n) is 15.1. The molecule has 1 atom stereocenters. The van der Waals surface area contributed by atoms with Gasteiger partial charge in [0.2, 0.25) is 15.9 Å². The third kappa shape index (κ3) is 3.45. The molecule has 0 radical (unpaired) electrons. The van der Waals surface area contributed by atoms with Crippen LogP contribution in [0.1, 0.15) is 31.2 Å². The smallest absolute Gasteiger partial charge is 0.248 e. The molecule has 140 valence electrons. The van der Waals surface area contributed by atoms with Crippen LogP contribution < -0.4 is 0 Å². The summed E-state index contributed by atoms with van der Waals surface area (Å²) in [5.74, 6) is 0.469. The van der Waals surface area contributed by atoms with E-state index in [1.54, 1.807) is 13.8 Å². The molecule has 0 unspecified atom stereocenters. The standard InChI is InChI=1S/C16H26N4O4S/c1-12-15(14(3)24-17-12)25(22,23)20-10-8-18(9-11-20)13(2)16(21)19-6-4-5-7-19/h13H,4-11H2,1-3H3/t13-/m0/s1. The van der Waals surface area contributed by atoms with Gasteiger partial charge in [-0.3, -0.25) is 9.69 Å². The van der Waals surface area contributed by atoms with Crippen molar-refractivity contribution in [1.82, 2.24) is 19.3 Å². The lowest BCUT2D eigenvalue weighted by atomic mass is 10.2. The number of rotatable bonds is 4. The molecule has 8 nitrogen and oxygen atoms in total. The van der Waals surface area contributed by atoms with Crippen molar-refractivity contribution in [2.45, 2.75) is 44.6 Å². The zero-order valence-corrected chi connectivity index (χ0v) is 15.9. The van der Waals surface area contributed by atoms with Crippen LogP contribution in [-0.2, 0) is 14.8 Å². The van der Waals surface area contributed by atoms with E-state index in [-0.39, 0.29) is 16.8 Å². The lowest BCUT2D eigenvalue weighted by Crippen LogP contribution is -2.55. The summed E-state index contributed by atoms with van der Waals surface area (Å²) < 4.78 is 32.1. The average Bonchev–Trinajstić information content (AvgIpc) is 3.24. The van der Waals surface area contributed by atoms with Crippen LogP contribution in [0.15, 0.2) is 9.42 Å². The fourth-order valence-electron chi connectivity index (χ4n) is 3.66. The Morgan fingerprint density at radius 3 is 2.20 bits per heavy atom. The Kier molecular flexibility index (Phi) is 5.17. The molecule has 2 aliphatic rings. The van der Waals surface area contributed by atoms with Gasteiger partial charge < -0.3 is 9.42 Å². The molecule has 2 aliphatic heterocycles. The maximum atomic E-state index is 12.8. The van der Waals surface area contributed by atoms with Crippen LogP contribution >= 0.6 is 0 Å². The van der Waals surface area contributed by atoms with Gasteiger partial charge in [-0.15, -0.1) is 0 Å². The van der Waals surface area contributed by atoms with E-state index in [4.69, 9.17) is 4.52 Å². The first kappa shape index (κ1) is 18.3. The molecule has 3 heterocycles. The largest absolute Gasteiger partial charge is 0.360 e. The second-order valence-electron chi connectivity index (χ2n) is 6.80. The van der Waals surface area contributed by atoms with Crippen molar-refractivity contribution in [2.75, 3.05) is 39.3 Å². The minimum Gasteiger partial charge on any atom is -0.360 e. The van der Waals surface area contributed by atoms with Crippen LogP contribution in [0.5, 0.6) is 0 Å². The molecule has 2 fully saturated rings. The number of hydrogen-bond acceptors (Lipinski definition) is 6. The monoisotopic (exact) mass is 370 g/mol. The van der Waals surface area contributed by atoms with E-state index < -0.39 is 10.0 Å². The molecule has 1 aromatic heterocycles. The summed E-state index contributed by atoms with van der Waals surface area (Å²) in [5, 5.41) is 3.75. The van der Waals surface area contributed by atoms with Crippen LogP contribution in [0, 0.1) is 13.8 Å². The Bertz CT molecular complexity index is 712. The van der Waals surface area contributed by atoms with Crippen LogP contribution in [0.25, 0.3) is 0 Å². The van der Waals surface area contributed by atoms with Gasteiger partial charge in [-0.25, -0.2) is 8.42 Å². The normalized spacial score (nSPS) is 21.6. The van der Waals surface area contributed by atoms with Gasteiger partial charge in [-0.2, -0.15) is 4.31 Å². The number of aromatic nitrogens is 1. The highest BCUT2D eigenvalue weighted by molar-refractivity contribution is 7.89. The Morgan fingerprint density at radius 2 is 1.68 bits per heavy atom. The first-order valence-corrected chi connectivity index (χ1v) is 10.2. The summed E-state index contributed by atoms with van der Waals surface area (Å²) in [7, 11) is -3.61. The molecule has 2 saturated heterocycles. The van der Waals surface area contributed by atoms with Crippen LogP contribution in [-0.4, -0.2) is 78.9 Å². The number of piperazine rings is 1. The molecule has 0 aliphatic carbocycles. The molecule has 1 aromatic rings. The highest BCUT2D eigenvalue weighted by Crippen LogP contribution is 2.24. The number of carbonyl (C=O) groups is 1. The Balaban J connectivity index is 1.64. The maximum absolute atomic E-state index is 12.8. The Labute approximate surface area is 148 Å². The molecule has 0 saturated carbocycles. The topological polar surface area (TPSA) is 87.0 Å². The van der Waals surface area contributed by atoms with E-state index in [0.717, 1.165) is 25.9 Å². The van der Waals surface area contributed by atoms with Gasteiger partial charge in [0.25, 0.3) is 0 Å². The van der Waals surface area contributed by atoms with Crippen LogP contribution in [0.4, 0.5) is 0 Å². The van der Waals surface area contributed by atoms with E-state index >= 15 is 0 Å². The van der Waals surface area contributed by atoms with Gasteiger partial charge in [-0.1, -0.05) is 5.16 Å². The van der Waals surface area contributed by atoms with Crippen molar-refractivity contribution in [1.29, 1.82) is 0 Å². The minimum atomic E-state index is -3.61. The van der Waals surface area contributed by atoms with Gasteiger partial charge in [0.05, 0.1) is 6.04 Å². The summed E-state index contributed by atoms with van der Waals surface area (Å²) >= 11 is 0. The first-order valence-electron chi connectivity index (χ1n) is 8.78. The van der Waals surface area contributed by atoms with Gasteiger partial charge in [0.1, 0.15) is 10.6 Å². The van der Waals surface area contributed by atoms with Gasteiger partial charge in [0.15, 0.2) is 5.76 Å². The molecule has 9 heteroatoms. The Morgan fingerprint density at radius 1 is 1.08 bits per heavy atom. The summed E-state index contributed by atoms with van der Waals surface area (Å²) in [5.41, 5.74) is 0.387. The fourth-order valence-corrected chi connectivity index (χ4v) is 5.37. The number of carbonyl (C=O) groups excluding carboxylic acids is 1. The molecular formula is C16H26N4O4S. The van der Waals surface area contributed by atoms with Crippen molar-refractivity contribution >= 4 is 15.9 Å². The number of nitrogens with zero attached hydrogens (tertiary/aromatic N) is 4. The summed E-state index contributed by atoms with van der Waals surface area (Å²) in [6, 6.07) is -0.206. The van der Waals surface area contributed by atoms with Crippen molar-refractivity contribution < 1.29 is 17.7 Å². The van der Waals surface area contributed by atoms with Crippen LogP contribution in [0.2, 0.25) is 0 Å². The van der Waals surface area contributed by atoms with Crippen LogP contribution in [0.3, 0.4) is 0 Å². The molecule has 0 N–H and O–H groups in total. The van der Waals surface area contributed by atoms with Crippen molar-refractivity contribution in [3.63, 3.8) is 0 Å². The van der Waals surface area contributed by atoms with E-state index in [9.17, 15) is 13.2 Å². The van der Waals surface area contributed by atoms with Crippen molar-refractivity contribution in [3.05, 3.63) is 11.5 Å². The lowest BCUT2D eigenvalue weighted by Gasteiger charge is -2.37. The third-order valence-electron chi connectivity index (χ3n) is 5.16. The summed E-state index contributed by atoms with van der Waals surface area (Å²) in [6.45, 7) is 8.66. The maximum Gasteiger partial charge on any atom is 0.248 e.